The molecule has 0 heterocycles. The van der Waals surface area contributed by atoms with Crippen LogP contribution < -0.4 is 0 Å². The average molecular weight is 222 g/mol. The Balaban J connectivity index is 2.50. The molecule has 3 unspecified atom stereocenters. The van der Waals surface area contributed by atoms with Crippen molar-refractivity contribution in [3.63, 3.8) is 0 Å². The van der Waals surface area contributed by atoms with Crippen molar-refractivity contribution in [1.29, 1.82) is 0 Å². The molecule has 0 spiro atoms. The molecule has 1 nitrogen and oxygen atoms in total. The van der Waals surface area contributed by atoms with Gasteiger partial charge < -0.3 is 0 Å². The molecule has 0 saturated heterocycles. The Kier molecular flexibility index (Phi) is 2.36. The van der Waals surface area contributed by atoms with E-state index in [9.17, 15) is 4.79 Å². The summed E-state index contributed by atoms with van der Waals surface area (Å²) in [5, 5.41) is 0. The van der Waals surface area contributed by atoms with Gasteiger partial charge in [0.15, 0.2) is 0 Å². The quantitative estimate of drug-likeness (QED) is 0.654. The fourth-order valence-electron chi connectivity index (χ4n) is 4.95. The van der Waals surface area contributed by atoms with Gasteiger partial charge in [-0.25, -0.2) is 0 Å². The lowest BCUT2D eigenvalue weighted by Crippen LogP contribution is -2.47. The number of ketones is 1. The molecule has 2 saturated carbocycles. The first-order valence-corrected chi connectivity index (χ1v) is 6.63. The number of hydrogen-bond acceptors (Lipinski definition) is 1. The summed E-state index contributed by atoms with van der Waals surface area (Å²) in [7, 11) is 0. The predicted molar refractivity (Wildman–Crippen MR) is 67.2 cm³/mol. The highest BCUT2D eigenvalue weighted by atomic mass is 16.1. The second-order valence-corrected chi connectivity index (χ2v) is 7.71. The first-order chi connectivity index (χ1) is 7.13. The summed E-state index contributed by atoms with van der Waals surface area (Å²) in [5.74, 6) is 1.46. The molecule has 92 valence electrons. The Morgan fingerprint density at radius 2 is 1.81 bits per heavy atom. The topological polar surface area (TPSA) is 17.1 Å². The smallest absolute Gasteiger partial charge is 0.134 e. The summed E-state index contributed by atoms with van der Waals surface area (Å²) in [5.41, 5.74) is 0.746. The van der Waals surface area contributed by atoms with Crippen LogP contribution in [0.2, 0.25) is 0 Å². The number of hydrogen-bond donors (Lipinski definition) is 0. The molecule has 0 aromatic carbocycles. The van der Waals surface area contributed by atoms with Crippen LogP contribution in [0.3, 0.4) is 0 Å². The number of carbonyl (C=O) groups is 1. The van der Waals surface area contributed by atoms with Gasteiger partial charge in [-0.3, -0.25) is 4.79 Å². The molecule has 3 atom stereocenters. The van der Waals surface area contributed by atoms with Crippen LogP contribution in [0.25, 0.3) is 0 Å². The molecule has 0 amide bonds. The maximum absolute atomic E-state index is 12.1. The van der Waals surface area contributed by atoms with Gasteiger partial charge in [0, 0.05) is 5.92 Å². The van der Waals surface area contributed by atoms with Crippen molar-refractivity contribution in [3.05, 3.63) is 0 Å². The zero-order valence-electron chi connectivity index (χ0n) is 11.7. The third-order valence-corrected chi connectivity index (χ3v) is 5.80. The van der Waals surface area contributed by atoms with E-state index >= 15 is 0 Å². The normalized spacial score (nSPS) is 41.4. The number of carbonyl (C=O) groups excluding carboxylic acids is 1. The van der Waals surface area contributed by atoms with Gasteiger partial charge in [0.1, 0.15) is 5.78 Å². The van der Waals surface area contributed by atoms with Crippen molar-refractivity contribution in [2.75, 3.05) is 0 Å². The summed E-state index contributed by atoms with van der Waals surface area (Å²) >= 11 is 0. The summed E-state index contributed by atoms with van der Waals surface area (Å²) in [6.07, 6.45) is 3.86. The van der Waals surface area contributed by atoms with Gasteiger partial charge in [0.05, 0.1) is 0 Å². The van der Waals surface area contributed by atoms with Crippen molar-refractivity contribution >= 4 is 5.78 Å². The van der Waals surface area contributed by atoms with Crippen molar-refractivity contribution < 1.29 is 4.79 Å². The first-order valence-electron chi connectivity index (χ1n) is 6.63. The molecule has 2 aliphatic carbocycles. The Morgan fingerprint density at radius 1 is 1.25 bits per heavy atom. The second kappa shape index (κ2) is 3.11. The Bertz CT molecular complexity index is 321. The molecule has 0 N–H and O–H groups in total. The maximum Gasteiger partial charge on any atom is 0.134 e. The maximum atomic E-state index is 12.1. The van der Waals surface area contributed by atoms with Crippen LogP contribution in [0.5, 0.6) is 0 Å². The van der Waals surface area contributed by atoms with E-state index in [0.717, 1.165) is 5.92 Å². The van der Waals surface area contributed by atoms with E-state index in [2.05, 4.69) is 34.6 Å². The summed E-state index contributed by atoms with van der Waals surface area (Å²) in [6, 6.07) is 0. The number of rotatable bonds is 1. The summed E-state index contributed by atoms with van der Waals surface area (Å²) in [4.78, 5) is 12.1. The first kappa shape index (κ1) is 12.1. The largest absolute Gasteiger partial charge is 0.300 e. The van der Waals surface area contributed by atoms with Crippen molar-refractivity contribution in [2.45, 2.75) is 60.8 Å². The lowest BCUT2D eigenvalue weighted by atomic mass is 9.54. The number of fused-ring (bicyclic) bond motifs is 2. The molecule has 16 heavy (non-hydrogen) atoms. The molecular formula is C15H26O. The highest BCUT2D eigenvalue weighted by Crippen LogP contribution is 2.71. The molecule has 2 rings (SSSR count). The van der Waals surface area contributed by atoms with E-state index in [1.54, 1.807) is 6.92 Å². The predicted octanol–water partition coefficient (Wildman–Crippen LogP) is 4.06. The minimum atomic E-state index is 0.220. The minimum Gasteiger partial charge on any atom is -0.300 e. The third kappa shape index (κ3) is 1.26. The Hall–Kier alpha value is -0.330. The Labute approximate surface area is 100.0 Å². The molecule has 2 bridgehead atoms. The lowest BCUT2D eigenvalue weighted by molar-refractivity contribution is -0.134. The zero-order valence-corrected chi connectivity index (χ0v) is 11.7. The van der Waals surface area contributed by atoms with Crippen LogP contribution in [-0.2, 0) is 4.79 Å². The third-order valence-electron chi connectivity index (χ3n) is 5.80. The van der Waals surface area contributed by atoms with Crippen LogP contribution in [0.1, 0.15) is 60.8 Å². The van der Waals surface area contributed by atoms with Gasteiger partial charge in [-0.2, -0.15) is 0 Å². The highest BCUT2D eigenvalue weighted by Gasteiger charge is 2.66. The summed E-state index contributed by atoms with van der Waals surface area (Å²) < 4.78 is 0. The molecule has 2 fully saturated rings. The molecule has 1 heteroatoms. The van der Waals surface area contributed by atoms with Crippen LogP contribution in [0, 0.1) is 28.1 Å². The van der Waals surface area contributed by atoms with E-state index in [0.29, 0.717) is 5.78 Å². The van der Waals surface area contributed by atoms with Gasteiger partial charge in [-0.1, -0.05) is 34.6 Å². The highest BCUT2D eigenvalue weighted by molar-refractivity contribution is 5.81. The molecule has 0 aromatic heterocycles. The van der Waals surface area contributed by atoms with Gasteiger partial charge in [0.2, 0.25) is 0 Å². The SMILES string of the molecule is CC(=O)C1C(C)(C)C2CCC1(C(C)(C)C)C2. The van der Waals surface area contributed by atoms with Crippen LogP contribution >= 0.6 is 0 Å². The van der Waals surface area contributed by atoms with Crippen LogP contribution in [0.15, 0.2) is 0 Å². The van der Waals surface area contributed by atoms with E-state index in [-0.39, 0.29) is 22.2 Å². The second-order valence-electron chi connectivity index (χ2n) is 7.71. The van der Waals surface area contributed by atoms with Gasteiger partial charge in [-0.15, -0.1) is 0 Å². The van der Waals surface area contributed by atoms with Gasteiger partial charge in [-0.05, 0) is 48.3 Å². The monoisotopic (exact) mass is 222 g/mol. The molecular weight excluding hydrogens is 196 g/mol. The minimum absolute atomic E-state index is 0.220. The van der Waals surface area contributed by atoms with E-state index in [4.69, 9.17) is 0 Å². The fourth-order valence-corrected chi connectivity index (χ4v) is 4.95. The van der Waals surface area contributed by atoms with Crippen LogP contribution in [0.4, 0.5) is 0 Å². The number of Topliss-reactive ketones (excluding diaryl/α,β-unsaturated/α-hetero) is 1. The van der Waals surface area contributed by atoms with Gasteiger partial charge >= 0.3 is 0 Å². The fraction of sp³-hybridized carbons (Fsp3) is 0.933. The molecule has 2 aliphatic rings. The van der Waals surface area contributed by atoms with E-state index in [1.807, 2.05) is 0 Å². The molecule has 0 aliphatic heterocycles. The van der Waals surface area contributed by atoms with Gasteiger partial charge in [0.25, 0.3) is 0 Å². The standard InChI is InChI=1S/C15H26O/c1-10(16)12-14(5,6)11-7-8-15(12,9-11)13(2,3)4/h11-12H,7-9H2,1-6H3. The van der Waals surface area contributed by atoms with Crippen molar-refractivity contribution in [2.24, 2.45) is 28.1 Å². The lowest BCUT2D eigenvalue weighted by Gasteiger charge is -2.49. The molecule has 0 aromatic rings. The van der Waals surface area contributed by atoms with Crippen LogP contribution in [-0.4, -0.2) is 5.78 Å². The molecule has 0 radical (unpaired) electrons. The van der Waals surface area contributed by atoms with E-state index < -0.39 is 0 Å². The van der Waals surface area contributed by atoms with Crippen molar-refractivity contribution in [1.82, 2.24) is 0 Å². The van der Waals surface area contributed by atoms with E-state index in [1.165, 1.54) is 19.3 Å². The zero-order chi connectivity index (χ0) is 12.4. The Morgan fingerprint density at radius 3 is 2.19 bits per heavy atom. The average Bonchev–Trinajstić information content (AvgIpc) is 2.55. The summed E-state index contributed by atoms with van der Waals surface area (Å²) in [6.45, 7) is 13.4. The van der Waals surface area contributed by atoms with Crippen molar-refractivity contribution in [3.8, 4) is 0 Å².